The highest BCUT2D eigenvalue weighted by atomic mass is 15.3. The highest BCUT2D eigenvalue weighted by Gasteiger charge is 2.16. The summed E-state index contributed by atoms with van der Waals surface area (Å²) >= 11 is 0. The summed E-state index contributed by atoms with van der Waals surface area (Å²) in [6, 6.07) is 8.57. The first kappa shape index (κ1) is 12.0. The van der Waals surface area contributed by atoms with Crippen LogP contribution in [0.2, 0.25) is 0 Å². The van der Waals surface area contributed by atoms with Crippen molar-refractivity contribution in [2.45, 2.75) is 26.8 Å². The fourth-order valence-electron chi connectivity index (χ4n) is 2.07. The summed E-state index contributed by atoms with van der Waals surface area (Å²) in [4.78, 5) is 6.61. The maximum absolute atomic E-state index is 6.03. The number of guanidine groups is 1. The predicted molar refractivity (Wildman–Crippen MR) is 71.9 cm³/mol. The minimum absolute atomic E-state index is 0.561. The van der Waals surface area contributed by atoms with E-state index in [-0.39, 0.29) is 0 Å². The van der Waals surface area contributed by atoms with Crippen LogP contribution in [0.15, 0.2) is 29.3 Å². The van der Waals surface area contributed by atoms with E-state index in [9.17, 15) is 0 Å². The smallest absolute Gasteiger partial charge is 0.191 e. The van der Waals surface area contributed by atoms with Crippen LogP contribution in [0.1, 0.15) is 25.0 Å². The van der Waals surface area contributed by atoms with Crippen LogP contribution in [-0.4, -0.2) is 23.9 Å². The highest BCUT2D eigenvalue weighted by Crippen LogP contribution is 2.18. The second-order valence-corrected chi connectivity index (χ2v) is 5.03. The molecule has 92 valence electrons. The van der Waals surface area contributed by atoms with Gasteiger partial charge in [-0.1, -0.05) is 38.1 Å². The van der Waals surface area contributed by atoms with Gasteiger partial charge in [0.2, 0.25) is 0 Å². The SMILES string of the molecule is CC(C)CN=C(N)N1CCc2ccccc2C1. The van der Waals surface area contributed by atoms with Crippen molar-refractivity contribution in [3.8, 4) is 0 Å². The Morgan fingerprint density at radius 2 is 2.06 bits per heavy atom. The van der Waals surface area contributed by atoms with Crippen molar-refractivity contribution in [3.63, 3.8) is 0 Å². The minimum atomic E-state index is 0.561. The molecular weight excluding hydrogens is 210 g/mol. The molecule has 0 saturated carbocycles. The van der Waals surface area contributed by atoms with Gasteiger partial charge in [-0.05, 0) is 23.5 Å². The number of hydrogen-bond acceptors (Lipinski definition) is 1. The average Bonchev–Trinajstić information content (AvgIpc) is 2.35. The molecule has 0 spiro atoms. The van der Waals surface area contributed by atoms with Crippen LogP contribution in [0.4, 0.5) is 0 Å². The fraction of sp³-hybridized carbons (Fsp3) is 0.500. The van der Waals surface area contributed by atoms with Crippen molar-refractivity contribution in [1.82, 2.24) is 4.90 Å². The molecular formula is C14H21N3. The molecule has 1 aromatic carbocycles. The molecule has 0 fully saturated rings. The topological polar surface area (TPSA) is 41.6 Å². The van der Waals surface area contributed by atoms with Crippen molar-refractivity contribution >= 4 is 5.96 Å². The van der Waals surface area contributed by atoms with Crippen molar-refractivity contribution in [1.29, 1.82) is 0 Å². The van der Waals surface area contributed by atoms with Crippen molar-refractivity contribution < 1.29 is 0 Å². The molecule has 3 nitrogen and oxygen atoms in total. The van der Waals surface area contributed by atoms with Gasteiger partial charge < -0.3 is 10.6 Å². The van der Waals surface area contributed by atoms with E-state index >= 15 is 0 Å². The summed E-state index contributed by atoms with van der Waals surface area (Å²) in [6.07, 6.45) is 1.06. The quantitative estimate of drug-likeness (QED) is 0.625. The number of aliphatic imine (C=N–C) groups is 1. The molecule has 0 saturated heterocycles. The fourth-order valence-corrected chi connectivity index (χ4v) is 2.07. The molecule has 0 atom stereocenters. The molecule has 0 amide bonds. The molecule has 0 unspecified atom stereocenters. The van der Waals surface area contributed by atoms with E-state index < -0.39 is 0 Å². The highest BCUT2D eigenvalue weighted by molar-refractivity contribution is 5.78. The van der Waals surface area contributed by atoms with Gasteiger partial charge in [0.1, 0.15) is 0 Å². The van der Waals surface area contributed by atoms with Gasteiger partial charge in [-0.25, -0.2) is 0 Å². The molecule has 1 aliphatic rings. The molecule has 0 aliphatic carbocycles. The molecule has 2 rings (SSSR count). The van der Waals surface area contributed by atoms with E-state index in [0.717, 1.165) is 26.1 Å². The minimum Gasteiger partial charge on any atom is -0.370 e. The lowest BCUT2D eigenvalue weighted by atomic mass is 10.0. The second-order valence-electron chi connectivity index (χ2n) is 5.03. The molecule has 3 heteroatoms. The van der Waals surface area contributed by atoms with Gasteiger partial charge in [-0.15, -0.1) is 0 Å². The van der Waals surface area contributed by atoms with E-state index in [0.29, 0.717) is 11.9 Å². The Balaban J connectivity index is 2.04. The number of benzene rings is 1. The first-order chi connectivity index (χ1) is 8.16. The third kappa shape index (κ3) is 2.99. The maximum Gasteiger partial charge on any atom is 0.191 e. The van der Waals surface area contributed by atoms with Crippen LogP contribution in [0.25, 0.3) is 0 Å². The van der Waals surface area contributed by atoms with Crippen LogP contribution in [0.5, 0.6) is 0 Å². The Labute approximate surface area is 103 Å². The molecule has 17 heavy (non-hydrogen) atoms. The Kier molecular flexibility index (Phi) is 3.67. The zero-order chi connectivity index (χ0) is 12.3. The maximum atomic E-state index is 6.03. The van der Waals surface area contributed by atoms with Gasteiger partial charge in [0.05, 0.1) is 0 Å². The first-order valence-corrected chi connectivity index (χ1v) is 6.28. The molecule has 1 heterocycles. The molecule has 2 N–H and O–H groups in total. The lowest BCUT2D eigenvalue weighted by Crippen LogP contribution is -2.41. The molecule has 1 aromatic rings. The summed E-state index contributed by atoms with van der Waals surface area (Å²) in [5.41, 5.74) is 8.85. The zero-order valence-electron chi connectivity index (χ0n) is 10.7. The Bertz CT molecular complexity index is 410. The van der Waals surface area contributed by atoms with Gasteiger partial charge in [0.25, 0.3) is 0 Å². The lowest BCUT2D eigenvalue weighted by Gasteiger charge is -2.29. The normalized spacial score (nSPS) is 16.2. The summed E-state index contributed by atoms with van der Waals surface area (Å²) in [5, 5.41) is 0. The summed E-state index contributed by atoms with van der Waals surface area (Å²) < 4.78 is 0. The Morgan fingerprint density at radius 3 is 2.76 bits per heavy atom. The van der Waals surface area contributed by atoms with Crippen molar-refractivity contribution in [2.75, 3.05) is 13.1 Å². The molecule has 0 bridgehead atoms. The van der Waals surface area contributed by atoms with Crippen molar-refractivity contribution in [3.05, 3.63) is 35.4 Å². The predicted octanol–water partition coefficient (Wildman–Crippen LogP) is 2.02. The summed E-state index contributed by atoms with van der Waals surface area (Å²) in [6.45, 7) is 6.99. The first-order valence-electron chi connectivity index (χ1n) is 6.28. The standard InChI is InChI=1S/C14H21N3/c1-11(2)9-16-14(15)17-8-7-12-5-3-4-6-13(12)10-17/h3-6,11H,7-10H2,1-2H3,(H2,15,16). The summed E-state index contributed by atoms with van der Waals surface area (Å²) in [5.74, 6) is 1.25. The van der Waals surface area contributed by atoms with E-state index in [4.69, 9.17) is 5.73 Å². The van der Waals surface area contributed by atoms with Gasteiger partial charge >= 0.3 is 0 Å². The number of rotatable bonds is 2. The van der Waals surface area contributed by atoms with Crippen molar-refractivity contribution in [2.24, 2.45) is 16.6 Å². The monoisotopic (exact) mass is 231 g/mol. The lowest BCUT2D eigenvalue weighted by molar-refractivity contribution is 0.387. The van der Waals surface area contributed by atoms with E-state index in [1.165, 1.54) is 11.1 Å². The third-order valence-electron chi connectivity index (χ3n) is 3.07. The number of fused-ring (bicyclic) bond motifs is 1. The Morgan fingerprint density at radius 1 is 1.35 bits per heavy atom. The number of nitrogens with two attached hydrogens (primary N) is 1. The third-order valence-corrected chi connectivity index (χ3v) is 3.07. The molecule has 1 aliphatic heterocycles. The summed E-state index contributed by atoms with van der Waals surface area (Å²) in [7, 11) is 0. The van der Waals surface area contributed by atoms with Crippen LogP contribution in [-0.2, 0) is 13.0 Å². The van der Waals surface area contributed by atoms with Gasteiger partial charge in [0, 0.05) is 19.6 Å². The molecule has 0 radical (unpaired) electrons. The van der Waals surface area contributed by atoms with Crippen LogP contribution in [0, 0.1) is 5.92 Å². The number of hydrogen-bond donors (Lipinski definition) is 1. The van der Waals surface area contributed by atoms with Gasteiger partial charge in [-0.2, -0.15) is 0 Å². The van der Waals surface area contributed by atoms with E-state index in [1.807, 2.05) is 0 Å². The van der Waals surface area contributed by atoms with Gasteiger partial charge in [0.15, 0.2) is 5.96 Å². The van der Waals surface area contributed by atoms with Crippen LogP contribution >= 0.6 is 0 Å². The van der Waals surface area contributed by atoms with Crippen LogP contribution < -0.4 is 5.73 Å². The van der Waals surface area contributed by atoms with E-state index in [2.05, 4.69) is 48.0 Å². The second kappa shape index (κ2) is 5.21. The average molecular weight is 231 g/mol. The van der Waals surface area contributed by atoms with Crippen LogP contribution in [0.3, 0.4) is 0 Å². The van der Waals surface area contributed by atoms with Gasteiger partial charge in [-0.3, -0.25) is 4.99 Å². The Hall–Kier alpha value is -1.51. The largest absolute Gasteiger partial charge is 0.370 e. The zero-order valence-corrected chi connectivity index (χ0v) is 10.7. The number of nitrogens with zero attached hydrogens (tertiary/aromatic N) is 2. The molecule has 0 aromatic heterocycles. The van der Waals surface area contributed by atoms with E-state index in [1.54, 1.807) is 0 Å².